The van der Waals surface area contributed by atoms with Gasteiger partial charge in [-0.25, -0.2) is 8.78 Å². The SMILES string of the molecule is CN1CCC=C(c2cc(-c3ccccc3F)c3cc(C(=O)N(C)C)[nH]c3c2F)C1. The monoisotopic (exact) mass is 395 g/mol. The van der Waals surface area contributed by atoms with E-state index in [1.807, 2.05) is 13.1 Å². The highest BCUT2D eigenvalue weighted by Crippen LogP contribution is 2.37. The van der Waals surface area contributed by atoms with Gasteiger partial charge in [-0.1, -0.05) is 24.3 Å². The van der Waals surface area contributed by atoms with E-state index in [4.69, 9.17) is 0 Å². The molecule has 0 radical (unpaired) electrons. The van der Waals surface area contributed by atoms with Gasteiger partial charge in [0.2, 0.25) is 0 Å². The van der Waals surface area contributed by atoms with E-state index < -0.39 is 5.82 Å². The first kappa shape index (κ1) is 19.3. The average molecular weight is 395 g/mol. The number of nitrogens with one attached hydrogen (secondary N) is 1. The zero-order valence-corrected chi connectivity index (χ0v) is 16.7. The van der Waals surface area contributed by atoms with Crippen LogP contribution in [0, 0.1) is 11.6 Å². The van der Waals surface area contributed by atoms with Crippen molar-refractivity contribution in [2.24, 2.45) is 0 Å². The van der Waals surface area contributed by atoms with Gasteiger partial charge in [0.15, 0.2) is 5.82 Å². The quantitative estimate of drug-likeness (QED) is 0.708. The maximum atomic E-state index is 15.5. The summed E-state index contributed by atoms with van der Waals surface area (Å²) in [5, 5.41) is 0.492. The Hall–Kier alpha value is -2.99. The average Bonchev–Trinajstić information content (AvgIpc) is 3.14. The molecule has 29 heavy (non-hydrogen) atoms. The molecule has 1 amide bonds. The lowest BCUT2D eigenvalue weighted by Gasteiger charge is -2.24. The summed E-state index contributed by atoms with van der Waals surface area (Å²) in [6, 6.07) is 9.74. The maximum absolute atomic E-state index is 15.5. The van der Waals surface area contributed by atoms with Crippen LogP contribution in [0.4, 0.5) is 8.78 Å². The minimum atomic E-state index is -0.417. The summed E-state index contributed by atoms with van der Waals surface area (Å²) < 4.78 is 30.2. The van der Waals surface area contributed by atoms with Crippen LogP contribution in [-0.2, 0) is 0 Å². The largest absolute Gasteiger partial charge is 0.348 e. The molecule has 0 bridgehead atoms. The summed E-state index contributed by atoms with van der Waals surface area (Å²) >= 11 is 0. The number of carbonyl (C=O) groups excluding carboxylic acids is 1. The molecule has 4 rings (SSSR count). The lowest BCUT2D eigenvalue weighted by atomic mass is 9.93. The molecule has 2 aromatic carbocycles. The second-order valence-corrected chi connectivity index (χ2v) is 7.69. The van der Waals surface area contributed by atoms with Gasteiger partial charge in [0.05, 0.1) is 5.52 Å². The Balaban J connectivity index is 2.01. The fourth-order valence-corrected chi connectivity index (χ4v) is 3.84. The number of likely N-dealkylation sites (N-methyl/N-ethyl adjacent to an activating group) is 1. The lowest BCUT2D eigenvalue weighted by molar-refractivity contribution is 0.0823. The third-order valence-electron chi connectivity index (χ3n) is 5.34. The van der Waals surface area contributed by atoms with Crippen LogP contribution in [0.15, 0.2) is 42.5 Å². The minimum absolute atomic E-state index is 0.222. The van der Waals surface area contributed by atoms with Gasteiger partial charge in [0.25, 0.3) is 5.91 Å². The number of rotatable bonds is 3. The Bertz CT molecular complexity index is 1130. The third-order valence-corrected chi connectivity index (χ3v) is 5.34. The number of nitrogens with zero attached hydrogens (tertiary/aromatic N) is 2. The Morgan fingerprint density at radius 2 is 1.86 bits per heavy atom. The molecule has 0 saturated carbocycles. The van der Waals surface area contributed by atoms with Crippen molar-refractivity contribution in [1.29, 1.82) is 0 Å². The second-order valence-electron chi connectivity index (χ2n) is 7.69. The molecule has 1 N–H and O–H groups in total. The molecular formula is C23H23F2N3O. The standard InChI is InChI=1S/C23H23F2N3O/c1-27(2)23(29)20-12-18-17(15-8-4-5-9-19(15)24)11-16(21(25)22(18)26-20)14-7-6-10-28(3)13-14/h4-5,7-9,11-12,26H,6,10,13H2,1-3H3. The van der Waals surface area contributed by atoms with E-state index in [1.165, 1.54) is 11.0 Å². The predicted octanol–water partition coefficient (Wildman–Crippen LogP) is 4.53. The summed E-state index contributed by atoms with van der Waals surface area (Å²) in [4.78, 5) is 18.9. The highest BCUT2D eigenvalue weighted by Gasteiger charge is 2.23. The first-order chi connectivity index (χ1) is 13.9. The van der Waals surface area contributed by atoms with E-state index in [0.717, 1.165) is 18.5 Å². The van der Waals surface area contributed by atoms with Gasteiger partial charge >= 0.3 is 0 Å². The summed E-state index contributed by atoms with van der Waals surface area (Å²) in [5.41, 5.74) is 2.75. The molecule has 0 atom stereocenters. The van der Waals surface area contributed by atoms with E-state index in [-0.39, 0.29) is 22.9 Å². The molecule has 3 aromatic rings. The van der Waals surface area contributed by atoms with Crippen molar-refractivity contribution >= 4 is 22.4 Å². The third kappa shape index (κ3) is 3.44. The van der Waals surface area contributed by atoms with Crippen molar-refractivity contribution in [1.82, 2.24) is 14.8 Å². The van der Waals surface area contributed by atoms with Crippen LogP contribution in [0.25, 0.3) is 27.6 Å². The van der Waals surface area contributed by atoms with E-state index in [0.29, 0.717) is 28.6 Å². The summed E-state index contributed by atoms with van der Waals surface area (Å²) in [7, 11) is 5.26. The van der Waals surface area contributed by atoms with Gasteiger partial charge in [-0.2, -0.15) is 0 Å². The van der Waals surface area contributed by atoms with Crippen LogP contribution in [0.3, 0.4) is 0 Å². The smallest absolute Gasteiger partial charge is 0.269 e. The molecule has 1 aliphatic heterocycles. The minimum Gasteiger partial charge on any atom is -0.348 e. The number of H-pyrrole nitrogens is 1. The van der Waals surface area contributed by atoms with Crippen molar-refractivity contribution in [2.75, 3.05) is 34.2 Å². The normalized spacial score (nSPS) is 14.9. The van der Waals surface area contributed by atoms with Gasteiger partial charge in [-0.3, -0.25) is 4.79 Å². The second kappa shape index (κ2) is 7.44. The number of amides is 1. The molecule has 0 saturated heterocycles. The van der Waals surface area contributed by atoms with Gasteiger partial charge < -0.3 is 14.8 Å². The topological polar surface area (TPSA) is 39.3 Å². The Morgan fingerprint density at radius 3 is 2.55 bits per heavy atom. The fraction of sp³-hybridized carbons (Fsp3) is 0.261. The van der Waals surface area contributed by atoms with E-state index in [9.17, 15) is 9.18 Å². The zero-order valence-electron chi connectivity index (χ0n) is 16.7. The maximum Gasteiger partial charge on any atom is 0.269 e. The summed E-state index contributed by atoms with van der Waals surface area (Å²) in [5.74, 6) is -1.07. The summed E-state index contributed by atoms with van der Waals surface area (Å²) in [6.45, 7) is 1.53. The molecule has 0 fully saturated rings. The fourth-order valence-electron chi connectivity index (χ4n) is 3.84. The van der Waals surface area contributed by atoms with Crippen molar-refractivity contribution < 1.29 is 13.6 Å². The van der Waals surface area contributed by atoms with Crippen LogP contribution >= 0.6 is 0 Å². The first-order valence-corrected chi connectivity index (χ1v) is 9.56. The van der Waals surface area contributed by atoms with Crippen LogP contribution in [0.2, 0.25) is 0 Å². The van der Waals surface area contributed by atoms with Crippen molar-refractivity contribution in [3.8, 4) is 11.1 Å². The molecule has 0 unspecified atom stereocenters. The highest BCUT2D eigenvalue weighted by molar-refractivity contribution is 6.04. The summed E-state index contributed by atoms with van der Waals surface area (Å²) in [6.07, 6.45) is 2.86. The number of hydrogen-bond acceptors (Lipinski definition) is 2. The van der Waals surface area contributed by atoms with Crippen LogP contribution in [0.5, 0.6) is 0 Å². The Labute approximate surface area is 168 Å². The number of hydrogen-bond donors (Lipinski definition) is 1. The van der Waals surface area contributed by atoms with Crippen LogP contribution < -0.4 is 0 Å². The molecule has 1 aromatic heterocycles. The van der Waals surface area contributed by atoms with Gasteiger partial charge in [-0.05, 0) is 42.8 Å². The molecule has 1 aliphatic rings. The molecule has 4 nitrogen and oxygen atoms in total. The molecule has 150 valence electrons. The van der Waals surface area contributed by atoms with Gasteiger partial charge in [-0.15, -0.1) is 0 Å². The number of carbonyl (C=O) groups is 1. The number of fused-ring (bicyclic) bond motifs is 1. The number of benzene rings is 2. The van der Waals surface area contributed by atoms with E-state index in [1.54, 1.807) is 44.4 Å². The van der Waals surface area contributed by atoms with Crippen LogP contribution in [-0.4, -0.2) is 54.9 Å². The molecule has 0 spiro atoms. The molecule has 2 heterocycles. The predicted molar refractivity (Wildman–Crippen MR) is 112 cm³/mol. The van der Waals surface area contributed by atoms with E-state index >= 15 is 4.39 Å². The van der Waals surface area contributed by atoms with Crippen molar-refractivity contribution in [3.05, 3.63) is 65.4 Å². The molecular weight excluding hydrogens is 372 g/mol. The number of aromatic amines is 1. The van der Waals surface area contributed by atoms with Crippen molar-refractivity contribution in [3.63, 3.8) is 0 Å². The van der Waals surface area contributed by atoms with Gasteiger partial charge in [0.1, 0.15) is 11.5 Å². The van der Waals surface area contributed by atoms with Crippen molar-refractivity contribution in [2.45, 2.75) is 6.42 Å². The van der Waals surface area contributed by atoms with Crippen LogP contribution in [0.1, 0.15) is 22.5 Å². The molecule has 0 aliphatic carbocycles. The number of aromatic nitrogens is 1. The molecule has 6 heteroatoms. The zero-order chi connectivity index (χ0) is 20.7. The Morgan fingerprint density at radius 1 is 1.10 bits per heavy atom. The number of halogens is 2. The lowest BCUT2D eigenvalue weighted by Crippen LogP contribution is -2.25. The van der Waals surface area contributed by atoms with Gasteiger partial charge in [0, 0.05) is 43.7 Å². The van der Waals surface area contributed by atoms with E-state index in [2.05, 4.69) is 9.88 Å². The Kier molecular flexibility index (Phi) is 4.96. The first-order valence-electron chi connectivity index (χ1n) is 9.56. The highest BCUT2D eigenvalue weighted by atomic mass is 19.1.